The van der Waals surface area contributed by atoms with Crippen molar-refractivity contribution in [2.45, 2.75) is 0 Å². The summed E-state index contributed by atoms with van der Waals surface area (Å²) >= 11 is 1.10. The number of hydrogen-bond acceptors (Lipinski definition) is 4. The van der Waals surface area contributed by atoms with Gasteiger partial charge in [-0.05, 0) is 24.3 Å². The van der Waals surface area contributed by atoms with Gasteiger partial charge in [-0.3, -0.25) is 0 Å². The highest BCUT2D eigenvalue weighted by molar-refractivity contribution is 7.09. The number of carboxylic acid groups (broad SMARTS) is 1. The molecule has 0 saturated heterocycles. The van der Waals surface area contributed by atoms with Crippen LogP contribution in [0.4, 0.5) is 4.39 Å². The minimum atomic E-state index is -1.37. The van der Waals surface area contributed by atoms with Crippen molar-refractivity contribution >= 4 is 28.4 Å². The average Bonchev–Trinajstić information content (AvgIpc) is 2.82. The Morgan fingerprint density at radius 2 is 2.00 bits per heavy atom. The van der Waals surface area contributed by atoms with Gasteiger partial charge in [0.25, 0.3) is 0 Å². The molecule has 6 heteroatoms. The molecule has 100 valence electrons. The molecule has 0 aliphatic rings. The topological polar surface area (TPSA) is 59.4 Å². The number of aromatic nitrogens is 1. The number of hydrogen-bond donors (Lipinski definition) is 1. The fraction of sp³-hybridized carbons (Fsp3) is 0. The Hall–Kier alpha value is -2.47. The van der Waals surface area contributed by atoms with Gasteiger partial charge in [-0.25, -0.2) is 9.18 Å². The SMILES string of the molecule is O=C(O)c1c(F)cccc1Oc1snc2ccccc12. The third-order valence-corrected chi connectivity index (χ3v) is 3.50. The number of nitrogens with zero attached hydrogens (tertiary/aromatic N) is 1. The normalized spacial score (nSPS) is 10.7. The van der Waals surface area contributed by atoms with E-state index < -0.39 is 17.3 Å². The Morgan fingerprint density at radius 1 is 1.20 bits per heavy atom. The molecule has 0 amide bonds. The summed E-state index contributed by atoms with van der Waals surface area (Å²) in [5, 5.41) is 10.3. The highest BCUT2D eigenvalue weighted by Gasteiger charge is 2.19. The van der Waals surface area contributed by atoms with E-state index in [0.717, 1.165) is 28.5 Å². The van der Waals surface area contributed by atoms with Crippen molar-refractivity contribution in [1.82, 2.24) is 4.37 Å². The molecular formula is C14H8FNO3S. The largest absolute Gasteiger partial charge is 0.477 e. The summed E-state index contributed by atoms with van der Waals surface area (Å²) in [4.78, 5) is 11.1. The highest BCUT2D eigenvalue weighted by atomic mass is 32.1. The molecule has 0 spiro atoms. The van der Waals surface area contributed by atoms with E-state index in [1.807, 2.05) is 24.3 Å². The van der Waals surface area contributed by atoms with E-state index >= 15 is 0 Å². The van der Waals surface area contributed by atoms with E-state index in [1.54, 1.807) is 0 Å². The van der Waals surface area contributed by atoms with Gasteiger partial charge in [-0.1, -0.05) is 18.2 Å². The zero-order valence-corrected chi connectivity index (χ0v) is 10.9. The Balaban J connectivity index is 2.08. The molecule has 0 fully saturated rings. The molecule has 20 heavy (non-hydrogen) atoms. The summed E-state index contributed by atoms with van der Waals surface area (Å²) in [7, 11) is 0. The molecular weight excluding hydrogens is 281 g/mol. The van der Waals surface area contributed by atoms with E-state index in [0.29, 0.717) is 5.06 Å². The number of aromatic carboxylic acids is 1. The lowest BCUT2D eigenvalue weighted by Gasteiger charge is -2.07. The van der Waals surface area contributed by atoms with Gasteiger partial charge in [0.2, 0.25) is 5.06 Å². The maximum atomic E-state index is 13.6. The summed E-state index contributed by atoms with van der Waals surface area (Å²) in [6.07, 6.45) is 0. The second-order valence-corrected chi connectivity index (χ2v) is 4.74. The lowest BCUT2D eigenvalue weighted by Crippen LogP contribution is -2.03. The van der Waals surface area contributed by atoms with Gasteiger partial charge in [-0.15, -0.1) is 0 Å². The Bertz CT molecular complexity index is 800. The number of halogens is 1. The zero-order valence-electron chi connectivity index (χ0n) is 10.0. The van der Waals surface area contributed by atoms with E-state index in [1.165, 1.54) is 12.1 Å². The van der Waals surface area contributed by atoms with Crippen molar-refractivity contribution in [1.29, 1.82) is 0 Å². The molecule has 0 aliphatic heterocycles. The van der Waals surface area contributed by atoms with Crippen LogP contribution in [0, 0.1) is 5.82 Å². The van der Waals surface area contributed by atoms with Crippen LogP contribution in [-0.4, -0.2) is 15.4 Å². The molecule has 1 aromatic heterocycles. The predicted octanol–water partition coefficient (Wildman–Crippen LogP) is 3.93. The van der Waals surface area contributed by atoms with Crippen LogP contribution in [0.1, 0.15) is 10.4 Å². The van der Waals surface area contributed by atoms with Crippen LogP contribution in [0.5, 0.6) is 10.8 Å². The molecule has 0 saturated carbocycles. The van der Waals surface area contributed by atoms with Crippen LogP contribution in [0.3, 0.4) is 0 Å². The van der Waals surface area contributed by atoms with Gasteiger partial charge in [0.1, 0.15) is 17.1 Å². The summed E-state index contributed by atoms with van der Waals surface area (Å²) in [5.41, 5.74) is 0.269. The van der Waals surface area contributed by atoms with Crippen LogP contribution >= 0.6 is 11.5 Å². The van der Waals surface area contributed by atoms with Crippen LogP contribution < -0.4 is 4.74 Å². The first-order chi connectivity index (χ1) is 9.66. The molecule has 0 aliphatic carbocycles. The van der Waals surface area contributed by atoms with E-state index in [9.17, 15) is 9.18 Å². The first kappa shape index (κ1) is 12.6. The molecule has 3 rings (SSSR count). The van der Waals surface area contributed by atoms with Gasteiger partial charge < -0.3 is 9.84 Å². The monoisotopic (exact) mass is 289 g/mol. The molecule has 4 nitrogen and oxygen atoms in total. The maximum Gasteiger partial charge on any atom is 0.342 e. The van der Waals surface area contributed by atoms with Gasteiger partial charge >= 0.3 is 5.97 Å². The second-order valence-electron chi connectivity index (χ2n) is 4.01. The van der Waals surface area contributed by atoms with Gasteiger partial charge in [-0.2, -0.15) is 4.37 Å². The van der Waals surface area contributed by atoms with Crippen molar-refractivity contribution in [2.24, 2.45) is 0 Å². The smallest absolute Gasteiger partial charge is 0.342 e. The predicted molar refractivity (Wildman–Crippen MR) is 73.1 cm³/mol. The quantitative estimate of drug-likeness (QED) is 0.793. The van der Waals surface area contributed by atoms with Gasteiger partial charge in [0.15, 0.2) is 0 Å². The fourth-order valence-electron chi connectivity index (χ4n) is 1.84. The number of ether oxygens (including phenoxy) is 1. The van der Waals surface area contributed by atoms with Crippen LogP contribution in [0.25, 0.3) is 10.9 Å². The van der Waals surface area contributed by atoms with Crippen molar-refractivity contribution in [3.63, 3.8) is 0 Å². The van der Waals surface area contributed by atoms with Crippen LogP contribution in [0.2, 0.25) is 0 Å². The number of rotatable bonds is 3. The number of carboxylic acids is 1. The summed E-state index contributed by atoms with van der Waals surface area (Å²) in [6, 6.07) is 11.2. The van der Waals surface area contributed by atoms with E-state index in [4.69, 9.17) is 9.84 Å². The van der Waals surface area contributed by atoms with Gasteiger partial charge in [0.05, 0.1) is 10.9 Å². The fourth-order valence-corrected chi connectivity index (χ4v) is 2.57. The molecule has 1 N–H and O–H groups in total. The zero-order chi connectivity index (χ0) is 14.1. The average molecular weight is 289 g/mol. The Labute approximate surface area is 117 Å². The summed E-state index contributed by atoms with van der Waals surface area (Å²) < 4.78 is 23.3. The molecule has 0 atom stereocenters. The van der Waals surface area contributed by atoms with Crippen molar-refractivity contribution in [2.75, 3.05) is 0 Å². The Morgan fingerprint density at radius 3 is 2.80 bits per heavy atom. The summed E-state index contributed by atoms with van der Waals surface area (Å²) in [6.45, 7) is 0. The standard InChI is InChI=1S/C14H8FNO3S/c15-9-5-3-7-11(12(9)13(17)18)19-14-8-4-1-2-6-10(8)16-20-14/h1-7H,(H,17,18). The van der Waals surface area contributed by atoms with Crippen molar-refractivity contribution in [3.8, 4) is 10.8 Å². The second kappa shape index (κ2) is 4.90. The molecule has 0 unspecified atom stereocenters. The lowest BCUT2D eigenvalue weighted by atomic mass is 10.2. The van der Waals surface area contributed by atoms with Crippen LogP contribution in [0.15, 0.2) is 42.5 Å². The first-order valence-electron chi connectivity index (χ1n) is 5.71. The maximum absolute atomic E-state index is 13.6. The first-order valence-corrected chi connectivity index (χ1v) is 6.48. The summed E-state index contributed by atoms with van der Waals surface area (Å²) in [5.74, 6) is -2.23. The Kier molecular flexibility index (Phi) is 3.08. The minimum absolute atomic E-state index is 0.0353. The van der Waals surface area contributed by atoms with Crippen LogP contribution in [-0.2, 0) is 0 Å². The third-order valence-electron chi connectivity index (χ3n) is 2.74. The molecule has 1 heterocycles. The molecule has 2 aromatic carbocycles. The lowest BCUT2D eigenvalue weighted by molar-refractivity contribution is 0.0689. The number of carbonyl (C=O) groups is 1. The molecule has 3 aromatic rings. The van der Waals surface area contributed by atoms with Gasteiger partial charge in [0, 0.05) is 11.5 Å². The molecule has 0 bridgehead atoms. The minimum Gasteiger partial charge on any atom is -0.477 e. The number of fused-ring (bicyclic) bond motifs is 1. The van der Waals surface area contributed by atoms with Crippen molar-refractivity contribution in [3.05, 3.63) is 53.8 Å². The van der Waals surface area contributed by atoms with E-state index in [-0.39, 0.29) is 5.75 Å². The number of benzene rings is 2. The molecule has 0 radical (unpaired) electrons. The highest BCUT2D eigenvalue weighted by Crippen LogP contribution is 2.35. The van der Waals surface area contributed by atoms with Crippen molar-refractivity contribution < 1.29 is 19.0 Å². The third kappa shape index (κ3) is 2.10. The van der Waals surface area contributed by atoms with E-state index in [2.05, 4.69) is 4.37 Å².